The zero-order chi connectivity index (χ0) is 25.2. The van der Waals surface area contributed by atoms with E-state index in [1.165, 1.54) is 25.7 Å². The number of carbonyl (C=O) groups is 1. The molecule has 2 aromatic carbocycles. The van der Waals surface area contributed by atoms with Crippen molar-refractivity contribution in [3.63, 3.8) is 0 Å². The van der Waals surface area contributed by atoms with Crippen molar-refractivity contribution in [2.45, 2.75) is 12.9 Å². The lowest BCUT2D eigenvalue weighted by Crippen LogP contribution is -2.21. The summed E-state index contributed by atoms with van der Waals surface area (Å²) in [6.07, 6.45) is -4.49. The second kappa shape index (κ2) is 9.49. The summed E-state index contributed by atoms with van der Waals surface area (Å²) >= 11 is 0. The highest BCUT2D eigenvalue weighted by Gasteiger charge is 2.42. The van der Waals surface area contributed by atoms with Gasteiger partial charge in [-0.3, -0.25) is 4.79 Å². The fourth-order valence-corrected chi connectivity index (χ4v) is 2.81. The van der Waals surface area contributed by atoms with Crippen molar-refractivity contribution in [3.05, 3.63) is 65.0 Å². The number of carbonyl (C=O) groups excluding carboxylic acids is 1. The van der Waals surface area contributed by atoms with Crippen LogP contribution in [0.2, 0.25) is 0 Å². The van der Waals surface area contributed by atoms with E-state index in [1.807, 2.05) is 0 Å². The van der Waals surface area contributed by atoms with Gasteiger partial charge in [0.15, 0.2) is 47.2 Å². The molecule has 3 aromatic rings. The SMILES string of the molecule is COc1cccc(OC)c1OCn1ccc(C(=O)Nc2c(F)c(F)c(C(F)(F)F)c(F)c2F)n1. The van der Waals surface area contributed by atoms with Crippen LogP contribution in [0.5, 0.6) is 17.2 Å². The Bertz CT molecular complexity index is 1180. The number of alkyl halides is 3. The molecular weight excluding hydrogens is 479 g/mol. The number of amides is 1. The van der Waals surface area contributed by atoms with Gasteiger partial charge in [0.05, 0.1) is 14.2 Å². The van der Waals surface area contributed by atoms with Gasteiger partial charge in [-0.25, -0.2) is 22.2 Å². The third kappa shape index (κ3) is 4.70. The Morgan fingerprint density at radius 1 is 0.971 bits per heavy atom. The van der Waals surface area contributed by atoms with E-state index >= 15 is 0 Å². The molecule has 182 valence electrons. The van der Waals surface area contributed by atoms with Gasteiger partial charge in [0.1, 0.15) is 11.3 Å². The minimum atomic E-state index is -5.71. The number of rotatable bonds is 7. The smallest absolute Gasteiger partial charge is 0.422 e. The minimum Gasteiger partial charge on any atom is -0.493 e. The molecular formula is C20H14F7N3O4. The Hall–Kier alpha value is -3.97. The zero-order valence-electron chi connectivity index (χ0n) is 17.3. The van der Waals surface area contributed by atoms with E-state index in [4.69, 9.17) is 14.2 Å². The van der Waals surface area contributed by atoms with Gasteiger partial charge < -0.3 is 19.5 Å². The molecule has 3 rings (SSSR count). The number of nitrogens with one attached hydrogen (secondary N) is 1. The maximum Gasteiger partial charge on any atom is 0.422 e. The quantitative estimate of drug-likeness (QED) is 0.380. The van der Waals surface area contributed by atoms with Crippen LogP contribution in [0.3, 0.4) is 0 Å². The standard InChI is InChI=1S/C20H14F7N3O4/c1-32-10-4-3-5-11(33-2)18(10)34-8-30-7-6-9(29-30)19(31)28-17-15(23)13(21)12(20(25,26)27)14(22)16(17)24/h3-7H,8H2,1-2H3,(H,28,31). The molecule has 0 atom stereocenters. The minimum absolute atomic E-state index is 0.203. The number of aromatic nitrogens is 2. The van der Waals surface area contributed by atoms with Crippen LogP contribution >= 0.6 is 0 Å². The summed E-state index contributed by atoms with van der Waals surface area (Å²) in [5, 5.41) is 5.26. The Morgan fingerprint density at radius 2 is 1.53 bits per heavy atom. The number of benzene rings is 2. The summed E-state index contributed by atoms with van der Waals surface area (Å²) in [7, 11) is 2.78. The molecule has 34 heavy (non-hydrogen) atoms. The highest BCUT2D eigenvalue weighted by atomic mass is 19.4. The molecule has 0 saturated carbocycles. The van der Waals surface area contributed by atoms with Gasteiger partial charge in [0.2, 0.25) is 5.75 Å². The van der Waals surface area contributed by atoms with Gasteiger partial charge in [-0.15, -0.1) is 0 Å². The van der Waals surface area contributed by atoms with Crippen molar-refractivity contribution in [1.82, 2.24) is 9.78 Å². The Kier molecular flexibility index (Phi) is 6.88. The maximum atomic E-state index is 14.0. The average Bonchev–Trinajstić information content (AvgIpc) is 3.27. The lowest BCUT2D eigenvalue weighted by atomic mass is 10.1. The molecule has 0 saturated heterocycles. The molecule has 1 N–H and O–H groups in total. The molecule has 0 aliphatic heterocycles. The second-order valence-electron chi connectivity index (χ2n) is 6.46. The monoisotopic (exact) mass is 493 g/mol. The molecule has 14 heteroatoms. The summed E-state index contributed by atoms with van der Waals surface area (Å²) in [6.45, 7) is -0.295. The predicted molar refractivity (Wildman–Crippen MR) is 102 cm³/mol. The third-order valence-electron chi connectivity index (χ3n) is 4.38. The van der Waals surface area contributed by atoms with E-state index in [2.05, 4.69) is 5.10 Å². The summed E-state index contributed by atoms with van der Waals surface area (Å²) < 4.78 is 110. The lowest BCUT2D eigenvalue weighted by molar-refractivity contribution is -0.143. The van der Waals surface area contributed by atoms with Gasteiger partial charge in [0, 0.05) is 6.20 Å². The molecule has 1 amide bonds. The number of para-hydroxylation sites is 1. The van der Waals surface area contributed by atoms with Gasteiger partial charge in [-0.1, -0.05) is 6.07 Å². The molecule has 1 heterocycles. The van der Waals surface area contributed by atoms with Crippen molar-refractivity contribution in [1.29, 1.82) is 0 Å². The van der Waals surface area contributed by atoms with E-state index in [9.17, 15) is 35.5 Å². The third-order valence-corrected chi connectivity index (χ3v) is 4.38. The number of methoxy groups -OCH3 is 2. The first-order valence-electron chi connectivity index (χ1n) is 9.11. The average molecular weight is 493 g/mol. The van der Waals surface area contributed by atoms with Crippen molar-refractivity contribution >= 4 is 11.6 Å². The largest absolute Gasteiger partial charge is 0.493 e. The summed E-state index contributed by atoms with van der Waals surface area (Å²) in [5.74, 6) is -10.8. The van der Waals surface area contributed by atoms with Gasteiger partial charge in [-0.2, -0.15) is 18.3 Å². The number of ether oxygens (including phenoxy) is 3. The van der Waals surface area contributed by atoms with Crippen LogP contribution in [0.4, 0.5) is 36.4 Å². The van der Waals surface area contributed by atoms with Crippen LogP contribution in [0.1, 0.15) is 16.1 Å². The van der Waals surface area contributed by atoms with E-state index in [1.54, 1.807) is 18.2 Å². The predicted octanol–water partition coefficient (Wildman–Crippen LogP) is 4.76. The number of anilines is 1. The highest BCUT2D eigenvalue weighted by molar-refractivity contribution is 6.03. The van der Waals surface area contributed by atoms with Crippen molar-refractivity contribution in [3.8, 4) is 17.2 Å². The first kappa shape index (κ1) is 24.7. The maximum absolute atomic E-state index is 14.0. The molecule has 1 aromatic heterocycles. The first-order chi connectivity index (χ1) is 16.0. The molecule has 0 bridgehead atoms. The van der Waals surface area contributed by atoms with Crippen molar-refractivity contribution in [2.24, 2.45) is 0 Å². The normalized spacial score (nSPS) is 11.3. The van der Waals surface area contributed by atoms with Crippen LogP contribution in [0.15, 0.2) is 30.5 Å². The van der Waals surface area contributed by atoms with Gasteiger partial charge in [-0.05, 0) is 18.2 Å². The van der Waals surface area contributed by atoms with E-state index < -0.39 is 52.3 Å². The fourth-order valence-electron chi connectivity index (χ4n) is 2.81. The molecule has 0 aliphatic rings. The molecule has 7 nitrogen and oxygen atoms in total. The van der Waals surface area contributed by atoms with Gasteiger partial charge in [0.25, 0.3) is 5.91 Å². The number of hydrogen-bond acceptors (Lipinski definition) is 5. The fraction of sp³-hybridized carbons (Fsp3) is 0.200. The van der Waals surface area contributed by atoms with Crippen LogP contribution in [0.25, 0.3) is 0 Å². The van der Waals surface area contributed by atoms with E-state index in [-0.39, 0.29) is 12.5 Å². The molecule has 0 radical (unpaired) electrons. The second-order valence-corrected chi connectivity index (χ2v) is 6.46. The summed E-state index contributed by atoms with van der Waals surface area (Å²) in [6, 6.07) is 5.88. The van der Waals surface area contributed by atoms with Crippen LogP contribution < -0.4 is 19.5 Å². The molecule has 0 spiro atoms. The highest BCUT2D eigenvalue weighted by Crippen LogP contribution is 2.39. The topological polar surface area (TPSA) is 74.6 Å². The first-order valence-corrected chi connectivity index (χ1v) is 9.11. The zero-order valence-corrected chi connectivity index (χ0v) is 17.3. The number of hydrogen-bond donors (Lipinski definition) is 1. The van der Waals surface area contributed by atoms with Crippen LogP contribution in [0, 0.1) is 23.3 Å². The van der Waals surface area contributed by atoms with Crippen molar-refractivity contribution in [2.75, 3.05) is 19.5 Å². The molecule has 0 fully saturated rings. The summed E-state index contributed by atoms with van der Waals surface area (Å²) in [4.78, 5) is 12.2. The van der Waals surface area contributed by atoms with E-state index in [0.29, 0.717) is 11.5 Å². The Labute approximate surface area is 186 Å². The number of nitrogens with zero attached hydrogens (tertiary/aromatic N) is 2. The lowest BCUT2D eigenvalue weighted by Gasteiger charge is -2.14. The van der Waals surface area contributed by atoms with Crippen molar-refractivity contribution < 1.29 is 49.7 Å². The Morgan fingerprint density at radius 3 is 2.03 bits per heavy atom. The molecule has 0 unspecified atom stereocenters. The van der Waals surface area contributed by atoms with E-state index in [0.717, 1.165) is 10.7 Å². The van der Waals surface area contributed by atoms with Gasteiger partial charge >= 0.3 is 6.18 Å². The summed E-state index contributed by atoms with van der Waals surface area (Å²) in [5.41, 5.74) is -4.98. The Balaban J connectivity index is 1.80. The number of halogens is 7. The van der Waals surface area contributed by atoms with Crippen LogP contribution in [-0.4, -0.2) is 29.9 Å². The van der Waals surface area contributed by atoms with Crippen LogP contribution in [-0.2, 0) is 12.9 Å². The molecule has 0 aliphatic carbocycles.